The van der Waals surface area contributed by atoms with Crippen LogP contribution >= 0.6 is 11.8 Å². The van der Waals surface area contributed by atoms with Crippen molar-refractivity contribution in [3.63, 3.8) is 0 Å². The number of aromatic nitrogens is 1. The molecular formula is C20H18F4N4O2S. The number of carbonyl (C=O) groups excluding carboxylic acids is 1. The molecule has 0 spiro atoms. The van der Waals surface area contributed by atoms with Crippen LogP contribution in [0.15, 0.2) is 35.5 Å². The number of pyridine rings is 1. The number of hydrogen-bond donors (Lipinski definition) is 2. The Labute approximate surface area is 179 Å². The first-order valence-corrected chi connectivity index (χ1v) is 10.3. The number of nitrogens with zero attached hydrogens (tertiary/aromatic N) is 2. The van der Waals surface area contributed by atoms with Crippen molar-refractivity contribution in [3.8, 4) is 0 Å². The zero-order valence-corrected chi connectivity index (χ0v) is 17.1. The molecule has 31 heavy (non-hydrogen) atoms. The molecule has 0 radical (unpaired) electrons. The average molecular weight is 454 g/mol. The van der Waals surface area contributed by atoms with Gasteiger partial charge in [0.2, 0.25) is 0 Å². The number of thioether (sulfide) groups is 1. The van der Waals surface area contributed by atoms with Crippen LogP contribution in [0.4, 0.5) is 23.2 Å². The Hall–Kier alpha value is -2.66. The molecule has 4 rings (SSSR count). The van der Waals surface area contributed by atoms with Crippen LogP contribution in [0.3, 0.4) is 0 Å². The molecule has 6 nitrogen and oxygen atoms in total. The van der Waals surface area contributed by atoms with Crippen LogP contribution in [0.2, 0.25) is 0 Å². The van der Waals surface area contributed by atoms with Gasteiger partial charge in [0, 0.05) is 29.5 Å². The molecule has 2 aromatic rings. The summed E-state index contributed by atoms with van der Waals surface area (Å²) >= 11 is 1.04. The smallest absolute Gasteiger partial charge is 0.277 e. The zero-order chi connectivity index (χ0) is 22.4. The van der Waals surface area contributed by atoms with Crippen molar-refractivity contribution >= 4 is 28.5 Å². The van der Waals surface area contributed by atoms with Crippen molar-refractivity contribution in [2.75, 3.05) is 17.7 Å². The van der Waals surface area contributed by atoms with Gasteiger partial charge < -0.3 is 15.8 Å². The Morgan fingerprint density at radius 2 is 2.06 bits per heavy atom. The number of alkyl halides is 1. The molecule has 0 unspecified atom stereocenters. The summed E-state index contributed by atoms with van der Waals surface area (Å²) in [5.74, 6) is -3.86. The summed E-state index contributed by atoms with van der Waals surface area (Å²) in [5, 5.41) is 2.47. The first-order valence-electron chi connectivity index (χ1n) is 9.35. The highest BCUT2D eigenvalue weighted by Crippen LogP contribution is 2.52. The molecule has 1 fully saturated rings. The number of benzene rings is 1. The SMILES string of the molecule is C[C@H]1C[C@@]2(F)CSC(N)=N[C@@]2(c2cc(NC(=O)c3ncc(F)cc3F)ccc2F)CO1. The number of nitrogens with two attached hydrogens (primary N) is 1. The molecular weight excluding hydrogens is 436 g/mol. The quantitative estimate of drug-likeness (QED) is 0.693. The standard InChI is InChI=1S/C20H18F4N4O2S/c1-10-6-19(24)9-31-18(25)28-20(19,8-30-10)13-5-12(2-3-14(13)22)27-17(29)16-15(23)4-11(21)7-26-16/h2-5,7,10H,6,8-9H2,1H3,(H2,25,28)(H,27,29)/t10-,19+,20+/m0/s1. The van der Waals surface area contributed by atoms with Crippen LogP contribution in [0.5, 0.6) is 0 Å². The summed E-state index contributed by atoms with van der Waals surface area (Å²) in [7, 11) is 0. The van der Waals surface area contributed by atoms with E-state index in [1.54, 1.807) is 6.92 Å². The maximum Gasteiger partial charge on any atom is 0.277 e. The van der Waals surface area contributed by atoms with Crippen LogP contribution in [0, 0.1) is 17.5 Å². The van der Waals surface area contributed by atoms with Gasteiger partial charge in [-0.15, -0.1) is 0 Å². The van der Waals surface area contributed by atoms with Gasteiger partial charge in [-0.3, -0.25) is 4.79 Å². The lowest BCUT2D eigenvalue weighted by molar-refractivity contribution is -0.107. The largest absolute Gasteiger partial charge is 0.379 e. The van der Waals surface area contributed by atoms with E-state index in [9.17, 15) is 18.0 Å². The van der Waals surface area contributed by atoms with Crippen molar-refractivity contribution in [1.82, 2.24) is 4.98 Å². The summed E-state index contributed by atoms with van der Waals surface area (Å²) in [4.78, 5) is 20.1. The van der Waals surface area contributed by atoms with E-state index in [-0.39, 0.29) is 35.2 Å². The summed E-state index contributed by atoms with van der Waals surface area (Å²) in [6.07, 6.45) is 0.284. The zero-order valence-electron chi connectivity index (χ0n) is 16.3. The lowest BCUT2D eigenvalue weighted by Gasteiger charge is -2.49. The third-order valence-electron chi connectivity index (χ3n) is 5.37. The fraction of sp³-hybridized carbons (Fsp3) is 0.350. The summed E-state index contributed by atoms with van der Waals surface area (Å²) in [5.41, 5.74) is 1.44. The number of amidine groups is 1. The highest BCUT2D eigenvalue weighted by molar-refractivity contribution is 8.13. The molecule has 2 aliphatic rings. The van der Waals surface area contributed by atoms with E-state index < -0.39 is 46.4 Å². The maximum absolute atomic E-state index is 16.1. The van der Waals surface area contributed by atoms with Crippen LogP contribution in [-0.2, 0) is 10.3 Å². The van der Waals surface area contributed by atoms with Crippen molar-refractivity contribution in [2.45, 2.75) is 30.7 Å². The molecule has 11 heteroatoms. The number of fused-ring (bicyclic) bond motifs is 1. The second kappa shape index (κ2) is 7.79. The number of ether oxygens (including phenoxy) is 1. The average Bonchev–Trinajstić information content (AvgIpc) is 2.70. The van der Waals surface area contributed by atoms with E-state index in [4.69, 9.17) is 10.5 Å². The van der Waals surface area contributed by atoms with Crippen molar-refractivity contribution < 1.29 is 27.1 Å². The van der Waals surface area contributed by atoms with Gasteiger partial charge in [-0.05, 0) is 25.1 Å². The Kier molecular flexibility index (Phi) is 5.42. The number of amides is 1. The lowest BCUT2D eigenvalue weighted by Crippen LogP contribution is -2.60. The molecule has 3 N–H and O–H groups in total. The molecule has 1 saturated heterocycles. The number of halogens is 4. The van der Waals surface area contributed by atoms with Crippen LogP contribution < -0.4 is 11.1 Å². The van der Waals surface area contributed by atoms with Gasteiger partial charge in [0.1, 0.15) is 17.2 Å². The van der Waals surface area contributed by atoms with E-state index >= 15 is 4.39 Å². The molecule has 1 amide bonds. The Morgan fingerprint density at radius 3 is 2.81 bits per heavy atom. The first-order chi connectivity index (χ1) is 14.6. The number of hydrogen-bond acceptors (Lipinski definition) is 6. The minimum atomic E-state index is -1.94. The Morgan fingerprint density at radius 1 is 1.29 bits per heavy atom. The Balaban J connectivity index is 1.73. The van der Waals surface area contributed by atoms with Gasteiger partial charge in [0.15, 0.2) is 22.3 Å². The highest BCUT2D eigenvalue weighted by Gasteiger charge is 2.60. The molecule has 3 heterocycles. The highest BCUT2D eigenvalue weighted by atomic mass is 32.2. The molecule has 3 atom stereocenters. The first kappa shape index (κ1) is 21.6. The normalized spacial score (nSPS) is 27.9. The van der Waals surface area contributed by atoms with Crippen molar-refractivity contribution in [3.05, 3.63) is 59.2 Å². The number of aliphatic imine (C=N–C) groups is 1. The van der Waals surface area contributed by atoms with Gasteiger partial charge in [-0.1, -0.05) is 11.8 Å². The van der Waals surface area contributed by atoms with Crippen molar-refractivity contribution in [2.24, 2.45) is 10.7 Å². The lowest BCUT2D eigenvalue weighted by atomic mass is 9.72. The molecule has 0 saturated carbocycles. The van der Waals surface area contributed by atoms with E-state index in [0.29, 0.717) is 12.3 Å². The third-order valence-corrected chi connectivity index (χ3v) is 6.36. The number of nitrogens with one attached hydrogen (secondary N) is 1. The van der Waals surface area contributed by atoms with E-state index in [0.717, 1.165) is 17.8 Å². The fourth-order valence-electron chi connectivity index (χ4n) is 3.87. The number of carbonyl (C=O) groups is 1. The van der Waals surface area contributed by atoms with E-state index in [2.05, 4.69) is 15.3 Å². The predicted molar refractivity (Wildman–Crippen MR) is 108 cm³/mol. The number of anilines is 1. The van der Waals surface area contributed by atoms with Gasteiger partial charge in [-0.2, -0.15) is 0 Å². The summed E-state index contributed by atoms with van der Waals surface area (Å²) < 4.78 is 63.6. The monoisotopic (exact) mass is 454 g/mol. The minimum Gasteiger partial charge on any atom is -0.379 e. The second-order valence-electron chi connectivity index (χ2n) is 7.52. The molecule has 1 aromatic heterocycles. The van der Waals surface area contributed by atoms with Gasteiger partial charge >= 0.3 is 0 Å². The fourth-order valence-corrected chi connectivity index (χ4v) is 4.82. The van der Waals surface area contributed by atoms with Gasteiger partial charge in [0.25, 0.3) is 5.91 Å². The molecule has 0 bridgehead atoms. The predicted octanol–water partition coefficient (Wildman–Crippen LogP) is 3.53. The topological polar surface area (TPSA) is 89.6 Å². The van der Waals surface area contributed by atoms with E-state index in [1.807, 2.05) is 0 Å². The maximum atomic E-state index is 16.1. The van der Waals surface area contributed by atoms with Gasteiger partial charge in [-0.25, -0.2) is 27.5 Å². The van der Waals surface area contributed by atoms with Crippen molar-refractivity contribution in [1.29, 1.82) is 0 Å². The van der Waals surface area contributed by atoms with E-state index in [1.165, 1.54) is 12.1 Å². The van der Waals surface area contributed by atoms with Crippen LogP contribution in [0.25, 0.3) is 0 Å². The Bertz CT molecular complexity index is 1090. The molecule has 1 aromatic carbocycles. The van der Waals surface area contributed by atoms with Crippen LogP contribution in [-0.4, -0.2) is 40.2 Å². The number of rotatable bonds is 3. The molecule has 0 aliphatic carbocycles. The summed E-state index contributed by atoms with van der Waals surface area (Å²) in [6.45, 7) is 1.48. The molecule has 164 valence electrons. The van der Waals surface area contributed by atoms with Gasteiger partial charge in [0.05, 0.1) is 18.9 Å². The minimum absolute atomic E-state index is 0.0164. The third kappa shape index (κ3) is 3.76. The van der Waals surface area contributed by atoms with Crippen LogP contribution in [0.1, 0.15) is 29.4 Å². The molecule has 2 aliphatic heterocycles. The second-order valence-corrected chi connectivity index (χ2v) is 8.52. The summed E-state index contributed by atoms with van der Waals surface area (Å²) in [6, 6.07) is 4.01.